The Labute approximate surface area is 85.1 Å². The Hall–Kier alpha value is -1.31. The highest BCUT2D eigenvalue weighted by atomic mass is 16.1. The van der Waals surface area contributed by atoms with E-state index in [1.54, 1.807) is 0 Å². The first-order valence-electron chi connectivity index (χ1n) is 5.01. The van der Waals surface area contributed by atoms with Gasteiger partial charge < -0.3 is 5.73 Å². The molecule has 2 atom stereocenters. The van der Waals surface area contributed by atoms with Crippen LogP contribution in [0.25, 0.3) is 0 Å². The average molecular weight is 191 g/mol. The molecule has 0 saturated heterocycles. The molecule has 0 radical (unpaired) electrons. The Kier molecular flexibility index (Phi) is 3.69. The molecule has 0 aliphatic carbocycles. The largest absolute Gasteiger partial charge is 0.369 e. The number of rotatable bonds is 4. The summed E-state index contributed by atoms with van der Waals surface area (Å²) in [6.45, 7) is 4.04. The second-order valence-electron chi connectivity index (χ2n) is 3.62. The second-order valence-corrected chi connectivity index (χ2v) is 3.62. The van der Waals surface area contributed by atoms with Gasteiger partial charge in [-0.1, -0.05) is 44.2 Å². The van der Waals surface area contributed by atoms with E-state index < -0.39 is 0 Å². The van der Waals surface area contributed by atoms with E-state index >= 15 is 0 Å². The number of carbonyl (C=O) groups excluding carboxylic acids is 1. The summed E-state index contributed by atoms with van der Waals surface area (Å²) < 4.78 is 0. The number of amides is 1. The third kappa shape index (κ3) is 2.34. The smallest absolute Gasteiger partial charge is 0.221 e. The Morgan fingerprint density at radius 3 is 2.36 bits per heavy atom. The summed E-state index contributed by atoms with van der Waals surface area (Å²) in [6, 6.07) is 10.0. The van der Waals surface area contributed by atoms with Crippen molar-refractivity contribution < 1.29 is 4.79 Å². The molecule has 2 heteroatoms. The molecule has 0 spiro atoms. The molecule has 1 aromatic rings. The van der Waals surface area contributed by atoms with Gasteiger partial charge >= 0.3 is 0 Å². The first kappa shape index (κ1) is 10.8. The van der Waals surface area contributed by atoms with Crippen LogP contribution >= 0.6 is 0 Å². The van der Waals surface area contributed by atoms with Gasteiger partial charge in [0.25, 0.3) is 0 Å². The van der Waals surface area contributed by atoms with Gasteiger partial charge in [-0.15, -0.1) is 0 Å². The Morgan fingerprint density at radius 1 is 1.36 bits per heavy atom. The van der Waals surface area contributed by atoms with E-state index in [0.717, 1.165) is 6.42 Å². The maximum Gasteiger partial charge on any atom is 0.221 e. The minimum absolute atomic E-state index is 0.0580. The van der Waals surface area contributed by atoms with Crippen LogP contribution in [-0.2, 0) is 4.79 Å². The highest BCUT2D eigenvalue weighted by Gasteiger charge is 2.21. The predicted octanol–water partition coefficient (Wildman–Crippen LogP) is 2.30. The normalized spacial score (nSPS) is 14.7. The summed E-state index contributed by atoms with van der Waals surface area (Å²) in [5.41, 5.74) is 6.53. The Morgan fingerprint density at radius 2 is 1.93 bits per heavy atom. The fourth-order valence-electron chi connectivity index (χ4n) is 1.79. The molecule has 1 aromatic carbocycles. The zero-order chi connectivity index (χ0) is 10.6. The average Bonchev–Trinajstić information content (AvgIpc) is 2.19. The van der Waals surface area contributed by atoms with E-state index in [2.05, 4.69) is 0 Å². The van der Waals surface area contributed by atoms with Crippen LogP contribution in [0.4, 0.5) is 0 Å². The number of hydrogen-bond acceptors (Lipinski definition) is 1. The summed E-state index contributed by atoms with van der Waals surface area (Å²) in [4.78, 5) is 11.2. The van der Waals surface area contributed by atoms with Crippen molar-refractivity contribution in [3.8, 4) is 0 Å². The molecular formula is C12H17NO. The Balaban J connectivity index is 2.83. The van der Waals surface area contributed by atoms with Gasteiger partial charge in [-0.25, -0.2) is 0 Å². The molecule has 0 aliphatic heterocycles. The van der Waals surface area contributed by atoms with Gasteiger partial charge in [-0.05, 0) is 17.9 Å². The summed E-state index contributed by atoms with van der Waals surface area (Å²) >= 11 is 0. The number of benzene rings is 1. The van der Waals surface area contributed by atoms with Gasteiger partial charge in [0.2, 0.25) is 5.91 Å². The fraction of sp³-hybridized carbons (Fsp3) is 0.417. The topological polar surface area (TPSA) is 43.1 Å². The SMILES string of the molecule is CCC(C(N)=O)C(C)c1ccccc1. The van der Waals surface area contributed by atoms with Crippen molar-refractivity contribution in [2.75, 3.05) is 0 Å². The van der Waals surface area contributed by atoms with E-state index in [9.17, 15) is 4.79 Å². The summed E-state index contributed by atoms with van der Waals surface area (Å²) in [5.74, 6) is -0.0556. The van der Waals surface area contributed by atoms with Crippen LogP contribution in [0.1, 0.15) is 31.7 Å². The van der Waals surface area contributed by atoms with E-state index in [0.29, 0.717) is 0 Å². The molecule has 76 valence electrons. The van der Waals surface area contributed by atoms with Gasteiger partial charge in [0.1, 0.15) is 0 Å². The number of hydrogen-bond donors (Lipinski definition) is 1. The molecule has 0 bridgehead atoms. The molecule has 2 nitrogen and oxygen atoms in total. The van der Waals surface area contributed by atoms with Crippen molar-refractivity contribution in [2.24, 2.45) is 11.7 Å². The van der Waals surface area contributed by atoms with Crippen molar-refractivity contribution in [1.29, 1.82) is 0 Å². The van der Waals surface area contributed by atoms with Crippen LogP contribution in [0.2, 0.25) is 0 Å². The molecule has 1 amide bonds. The van der Waals surface area contributed by atoms with Crippen LogP contribution in [0, 0.1) is 5.92 Å². The number of nitrogens with two attached hydrogens (primary N) is 1. The van der Waals surface area contributed by atoms with Gasteiger partial charge in [0, 0.05) is 5.92 Å². The molecule has 2 unspecified atom stereocenters. The molecule has 1 rings (SSSR count). The summed E-state index contributed by atoms with van der Waals surface area (Å²) in [5, 5.41) is 0. The van der Waals surface area contributed by atoms with Crippen LogP contribution in [0.15, 0.2) is 30.3 Å². The van der Waals surface area contributed by atoms with Crippen molar-refractivity contribution in [1.82, 2.24) is 0 Å². The van der Waals surface area contributed by atoms with Gasteiger partial charge in [-0.3, -0.25) is 4.79 Å². The first-order chi connectivity index (χ1) is 6.66. The number of carbonyl (C=O) groups is 1. The molecular weight excluding hydrogens is 174 g/mol. The maximum absolute atomic E-state index is 11.2. The van der Waals surface area contributed by atoms with Crippen molar-refractivity contribution in [3.05, 3.63) is 35.9 Å². The Bertz CT molecular complexity index is 294. The molecule has 2 N–H and O–H groups in total. The molecule has 0 aromatic heterocycles. The summed E-state index contributed by atoms with van der Waals surface area (Å²) in [6.07, 6.45) is 0.797. The highest BCUT2D eigenvalue weighted by Crippen LogP contribution is 2.25. The fourth-order valence-corrected chi connectivity index (χ4v) is 1.79. The van der Waals surface area contributed by atoms with E-state index in [-0.39, 0.29) is 17.7 Å². The number of primary amides is 1. The predicted molar refractivity (Wildman–Crippen MR) is 57.8 cm³/mol. The highest BCUT2D eigenvalue weighted by molar-refractivity contribution is 5.77. The third-order valence-corrected chi connectivity index (χ3v) is 2.73. The lowest BCUT2D eigenvalue weighted by molar-refractivity contribution is -0.122. The van der Waals surface area contributed by atoms with Crippen molar-refractivity contribution in [2.45, 2.75) is 26.2 Å². The van der Waals surface area contributed by atoms with Gasteiger partial charge in [-0.2, -0.15) is 0 Å². The zero-order valence-corrected chi connectivity index (χ0v) is 8.73. The second kappa shape index (κ2) is 4.80. The van der Waals surface area contributed by atoms with E-state index in [1.807, 2.05) is 44.2 Å². The molecule has 14 heavy (non-hydrogen) atoms. The van der Waals surface area contributed by atoms with Crippen LogP contribution in [0.3, 0.4) is 0 Å². The molecule has 0 aliphatic rings. The van der Waals surface area contributed by atoms with Crippen molar-refractivity contribution >= 4 is 5.91 Å². The molecule has 0 saturated carbocycles. The monoisotopic (exact) mass is 191 g/mol. The standard InChI is InChI=1S/C12H17NO/c1-3-11(12(13)14)9(2)10-7-5-4-6-8-10/h4-9,11H,3H2,1-2H3,(H2,13,14). The molecule has 0 fully saturated rings. The lowest BCUT2D eigenvalue weighted by Crippen LogP contribution is -2.27. The quantitative estimate of drug-likeness (QED) is 0.779. The van der Waals surface area contributed by atoms with Gasteiger partial charge in [0.05, 0.1) is 0 Å². The molecule has 0 heterocycles. The van der Waals surface area contributed by atoms with Gasteiger partial charge in [0.15, 0.2) is 0 Å². The van der Waals surface area contributed by atoms with Crippen LogP contribution < -0.4 is 5.73 Å². The minimum atomic E-state index is -0.205. The lowest BCUT2D eigenvalue weighted by Gasteiger charge is -2.19. The van der Waals surface area contributed by atoms with E-state index in [4.69, 9.17) is 5.73 Å². The minimum Gasteiger partial charge on any atom is -0.369 e. The maximum atomic E-state index is 11.2. The zero-order valence-electron chi connectivity index (χ0n) is 8.73. The first-order valence-corrected chi connectivity index (χ1v) is 5.01. The van der Waals surface area contributed by atoms with Crippen LogP contribution in [-0.4, -0.2) is 5.91 Å². The van der Waals surface area contributed by atoms with Crippen molar-refractivity contribution in [3.63, 3.8) is 0 Å². The van der Waals surface area contributed by atoms with E-state index in [1.165, 1.54) is 5.56 Å². The summed E-state index contributed by atoms with van der Waals surface area (Å²) in [7, 11) is 0. The third-order valence-electron chi connectivity index (χ3n) is 2.73. The lowest BCUT2D eigenvalue weighted by atomic mass is 9.85. The van der Waals surface area contributed by atoms with Crippen LogP contribution in [0.5, 0.6) is 0 Å².